The highest BCUT2D eigenvalue weighted by molar-refractivity contribution is 5.93. The minimum atomic E-state index is -0.600. The van der Waals surface area contributed by atoms with Crippen LogP contribution in [0.2, 0.25) is 0 Å². The number of carbonyl (C=O) groups is 1. The summed E-state index contributed by atoms with van der Waals surface area (Å²) in [4.78, 5) is 12.2. The predicted molar refractivity (Wildman–Crippen MR) is 181 cm³/mol. The molecule has 1 spiro atoms. The van der Waals surface area contributed by atoms with Crippen LogP contribution in [-0.4, -0.2) is 27.7 Å². The number of hydrogen-bond acceptors (Lipinski definition) is 3. The van der Waals surface area contributed by atoms with Crippen molar-refractivity contribution in [2.45, 2.75) is 182 Å². The van der Waals surface area contributed by atoms with Crippen molar-refractivity contribution in [3.63, 3.8) is 0 Å². The van der Waals surface area contributed by atoms with E-state index < -0.39 is 5.60 Å². The SMILES string of the molecule is CCCCC1(CCCC)C=CC[C@@]2(C)CC[C@@H](C(C)(C)O)C=C12.CCCCC1=CC(=O)C[C@@]2(C)CC[C@@H]3C[C@]12OC3(C)C. The molecule has 0 aromatic carbocycles. The Morgan fingerprint density at radius 1 is 0.953 bits per heavy atom. The number of carbonyl (C=O) groups excluding carboxylic acids is 1. The molecule has 43 heavy (non-hydrogen) atoms. The van der Waals surface area contributed by atoms with Gasteiger partial charge in [-0.2, -0.15) is 0 Å². The minimum Gasteiger partial charge on any atom is -0.390 e. The number of fused-ring (bicyclic) bond motifs is 2. The van der Waals surface area contributed by atoms with E-state index in [0.29, 0.717) is 29.5 Å². The van der Waals surface area contributed by atoms with Gasteiger partial charge in [-0.25, -0.2) is 0 Å². The second-order valence-corrected chi connectivity index (χ2v) is 16.9. The Morgan fingerprint density at radius 2 is 1.60 bits per heavy atom. The summed E-state index contributed by atoms with van der Waals surface area (Å²) in [6, 6.07) is 0. The van der Waals surface area contributed by atoms with Crippen LogP contribution in [0.15, 0.2) is 35.5 Å². The van der Waals surface area contributed by atoms with E-state index in [1.165, 1.54) is 69.8 Å². The fraction of sp³-hybridized carbons (Fsp3) is 0.825. The van der Waals surface area contributed by atoms with Gasteiger partial charge < -0.3 is 9.84 Å². The maximum Gasteiger partial charge on any atom is 0.156 e. The van der Waals surface area contributed by atoms with Crippen molar-refractivity contribution >= 4 is 5.78 Å². The summed E-state index contributed by atoms with van der Waals surface area (Å²) in [5.74, 6) is 1.27. The first kappa shape index (κ1) is 34.7. The van der Waals surface area contributed by atoms with Gasteiger partial charge in [0, 0.05) is 23.2 Å². The van der Waals surface area contributed by atoms with Gasteiger partial charge in [-0.1, -0.05) is 90.5 Å². The summed E-state index contributed by atoms with van der Waals surface area (Å²) in [5, 5.41) is 10.6. The van der Waals surface area contributed by atoms with E-state index in [-0.39, 0.29) is 22.0 Å². The lowest BCUT2D eigenvalue weighted by atomic mass is 9.54. The Labute approximate surface area is 265 Å². The van der Waals surface area contributed by atoms with Gasteiger partial charge in [-0.15, -0.1) is 0 Å². The van der Waals surface area contributed by atoms with Gasteiger partial charge in [0.1, 0.15) is 0 Å². The fourth-order valence-corrected chi connectivity index (χ4v) is 9.69. The molecule has 5 rings (SSSR count). The molecule has 0 radical (unpaired) electrons. The normalized spacial score (nSPS) is 35.7. The first-order valence-electron chi connectivity index (χ1n) is 18.2. The van der Waals surface area contributed by atoms with Crippen molar-refractivity contribution in [2.24, 2.45) is 28.1 Å². The summed E-state index contributed by atoms with van der Waals surface area (Å²) in [6.45, 7) is 20.0. The standard InChI is InChI=1S/C22H38O.C18H28O2/c1-6-8-13-22(14-9-7-2)15-10-12-21(5)16-11-18(17-19(21)22)20(3,4)23;1-5-6-7-13-10-15(19)12-17(4)9-8-14-11-18(13,17)20-16(14,2)3/h10,15,17-18,23H,6-9,11-14,16H2,1-5H3;10,14H,5-9,11-12H2,1-4H3/t18-,21+;14-,17-,18+/m11/s1. The number of ether oxygens (including phenoxy) is 1. The summed E-state index contributed by atoms with van der Waals surface area (Å²) in [5.41, 5.74) is 2.76. The molecule has 0 aromatic rings. The van der Waals surface area contributed by atoms with E-state index >= 15 is 0 Å². The van der Waals surface area contributed by atoms with Crippen molar-refractivity contribution in [3.8, 4) is 0 Å². The topological polar surface area (TPSA) is 46.5 Å². The molecule has 5 aliphatic rings. The van der Waals surface area contributed by atoms with Crippen molar-refractivity contribution in [1.29, 1.82) is 0 Å². The third-order valence-corrected chi connectivity index (χ3v) is 12.6. The lowest BCUT2D eigenvalue weighted by Crippen LogP contribution is -2.53. The molecule has 0 amide bonds. The van der Waals surface area contributed by atoms with Crippen molar-refractivity contribution in [3.05, 3.63) is 35.5 Å². The Hall–Kier alpha value is -1.19. The first-order valence-corrected chi connectivity index (χ1v) is 18.2. The first-order chi connectivity index (χ1) is 20.1. The minimum absolute atomic E-state index is 0.0200. The third kappa shape index (κ3) is 6.70. The zero-order valence-corrected chi connectivity index (χ0v) is 29.5. The van der Waals surface area contributed by atoms with Crippen molar-refractivity contribution in [2.75, 3.05) is 0 Å². The van der Waals surface area contributed by atoms with Gasteiger partial charge in [-0.3, -0.25) is 4.79 Å². The van der Waals surface area contributed by atoms with E-state index in [4.69, 9.17) is 4.74 Å². The summed E-state index contributed by atoms with van der Waals surface area (Å²) < 4.78 is 6.70. The molecule has 1 aliphatic heterocycles. The van der Waals surface area contributed by atoms with E-state index in [2.05, 4.69) is 66.7 Å². The van der Waals surface area contributed by atoms with Gasteiger partial charge in [0.25, 0.3) is 0 Å². The number of unbranched alkanes of at least 4 members (excludes halogenated alkanes) is 3. The monoisotopic (exact) mass is 595 g/mol. The Kier molecular flexibility index (Phi) is 10.4. The number of rotatable bonds is 10. The molecule has 0 aromatic heterocycles. The molecule has 2 fully saturated rings. The highest BCUT2D eigenvalue weighted by atomic mass is 16.5. The van der Waals surface area contributed by atoms with E-state index in [1.54, 1.807) is 5.57 Å². The van der Waals surface area contributed by atoms with Crippen LogP contribution in [0, 0.1) is 28.1 Å². The molecule has 5 atom stereocenters. The zero-order chi connectivity index (χ0) is 31.7. The third-order valence-electron chi connectivity index (χ3n) is 12.6. The average Bonchev–Trinajstić information content (AvgIpc) is 3.17. The zero-order valence-electron chi connectivity index (χ0n) is 29.5. The van der Waals surface area contributed by atoms with Gasteiger partial charge in [0.05, 0.1) is 16.8 Å². The molecule has 1 saturated heterocycles. The second-order valence-electron chi connectivity index (χ2n) is 16.9. The molecular formula is C40H66O3. The molecule has 3 nitrogen and oxygen atoms in total. The number of allylic oxidation sites excluding steroid dienone is 4. The van der Waals surface area contributed by atoms with Crippen LogP contribution in [0.1, 0.15) is 165 Å². The quantitative estimate of drug-likeness (QED) is 0.256. The average molecular weight is 595 g/mol. The lowest BCUT2D eigenvalue weighted by Gasteiger charge is -2.51. The molecule has 3 heteroatoms. The largest absolute Gasteiger partial charge is 0.390 e. The molecule has 1 heterocycles. The van der Waals surface area contributed by atoms with E-state index in [1.807, 2.05) is 19.9 Å². The van der Waals surface area contributed by atoms with Crippen LogP contribution >= 0.6 is 0 Å². The Balaban J connectivity index is 0.000000198. The van der Waals surface area contributed by atoms with Crippen LogP contribution in [-0.2, 0) is 9.53 Å². The van der Waals surface area contributed by atoms with Crippen LogP contribution in [0.3, 0.4) is 0 Å². The number of ketones is 1. The fourth-order valence-electron chi connectivity index (χ4n) is 9.69. The molecule has 244 valence electrons. The van der Waals surface area contributed by atoms with Gasteiger partial charge >= 0.3 is 0 Å². The maximum absolute atomic E-state index is 12.2. The number of hydrogen-bond donors (Lipinski definition) is 1. The van der Waals surface area contributed by atoms with Crippen LogP contribution < -0.4 is 0 Å². The maximum atomic E-state index is 12.2. The molecule has 1 saturated carbocycles. The predicted octanol–water partition coefficient (Wildman–Crippen LogP) is 10.9. The van der Waals surface area contributed by atoms with Crippen LogP contribution in [0.25, 0.3) is 0 Å². The summed E-state index contributed by atoms with van der Waals surface area (Å²) in [6.07, 6.45) is 28.1. The van der Waals surface area contributed by atoms with Crippen molar-refractivity contribution < 1.29 is 14.6 Å². The van der Waals surface area contributed by atoms with Crippen molar-refractivity contribution in [1.82, 2.24) is 0 Å². The molecule has 2 bridgehead atoms. The molecule has 0 unspecified atom stereocenters. The number of aliphatic hydroxyl groups is 1. The lowest BCUT2D eigenvalue weighted by molar-refractivity contribution is -0.145. The second kappa shape index (κ2) is 12.9. The molecular weight excluding hydrogens is 528 g/mol. The van der Waals surface area contributed by atoms with E-state index in [9.17, 15) is 9.90 Å². The smallest absolute Gasteiger partial charge is 0.156 e. The van der Waals surface area contributed by atoms with E-state index in [0.717, 1.165) is 32.1 Å². The Morgan fingerprint density at radius 3 is 2.21 bits per heavy atom. The molecule has 4 aliphatic carbocycles. The Bertz CT molecular complexity index is 1080. The van der Waals surface area contributed by atoms with Crippen LogP contribution in [0.5, 0.6) is 0 Å². The van der Waals surface area contributed by atoms with Gasteiger partial charge in [-0.05, 0) is 115 Å². The van der Waals surface area contributed by atoms with Gasteiger partial charge in [0.2, 0.25) is 0 Å². The van der Waals surface area contributed by atoms with Crippen LogP contribution in [0.4, 0.5) is 0 Å². The summed E-state index contributed by atoms with van der Waals surface area (Å²) >= 11 is 0. The molecule has 1 N–H and O–H groups in total. The van der Waals surface area contributed by atoms with Gasteiger partial charge in [0.15, 0.2) is 5.78 Å². The highest BCUT2D eigenvalue weighted by Gasteiger charge is 2.65. The highest BCUT2D eigenvalue weighted by Crippen LogP contribution is 2.64. The summed E-state index contributed by atoms with van der Waals surface area (Å²) in [7, 11) is 0.